The average molecular weight is 689 g/mol. The third-order valence-electron chi connectivity index (χ3n) is 9.04. The second-order valence-electron chi connectivity index (χ2n) is 12.0. The lowest BCUT2D eigenvalue weighted by Crippen LogP contribution is -2.57. The van der Waals surface area contributed by atoms with Gasteiger partial charge in [-0.25, -0.2) is 0 Å². The number of amides is 3. The molecule has 3 aliphatic heterocycles. The van der Waals surface area contributed by atoms with Crippen molar-refractivity contribution in [3.63, 3.8) is 0 Å². The molecule has 2 N–H and O–H groups in total. The van der Waals surface area contributed by atoms with Crippen LogP contribution < -0.4 is 5.32 Å². The van der Waals surface area contributed by atoms with Gasteiger partial charge in [0.1, 0.15) is 17.7 Å². The van der Waals surface area contributed by atoms with E-state index in [9.17, 15) is 24.3 Å². The number of nitrogens with zero attached hydrogens (tertiary/aromatic N) is 2. The molecular formula is C34H46BrN3O7. The highest BCUT2D eigenvalue weighted by Gasteiger charge is 2.77. The summed E-state index contributed by atoms with van der Waals surface area (Å²) in [5.74, 6) is -3.26. The van der Waals surface area contributed by atoms with E-state index >= 15 is 0 Å². The number of alkyl halides is 1. The van der Waals surface area contributed by atoms with E-state index in [1.807, 2.05) is 30.3 Å². The highest BCUT2D eigenvalue weighted by Crippen LogP contribution is 2.60. The van der Waals surface area contributed by atoms with Crippen LogP contribution in [0.1, 0.15) is 63.5 Å². The zero-order valence-electron chi connectivity index (χ0n) is 26.1. The Kier molecular flexibility index (Phi) is 12.4. The van der Waals surface area contributed by atoms with E-state index in [1.54, 1.807) is 17.1 Å². The van der Waals surface area contributed by atoms with Crippen LogP contribution in [0.5, 0.6) is 0 Å². The van der Waals surface area contributed by atoms with Crippen molar-refractivity contribution >= 4 is 39.6 Å². The zero-order valence-corrected chi connectivity index (χ0v) is 27.7. The Morgan fingerprint density at radius 1 is 1.22 bits per heavy atom. The fraction of sp³-hybridized carbons (Fsp3) is 0.588. The number of esters is 1. The minimum atomic E-state index is -1.22. The van der Waals surface area contributed by atoms with Crippen molar-refractivity contribution in [1.82, 2.24) is 15.1 Å². The number of aliphatic hydroxyl groups excluding tert-OH is 1. The van der Waals surface area contributed by atoms with Gasteiger partial charge in [0.25, 0.3) is 0 Å². The highest BCUT2D eigenvalue weighted by atomic mass is 79.9. The number of ether oxygens (including phenoxy) is 2. The fourth-order valence-corrected chi connectivity index (χ4v) is 7.92. The molecule has 11 heteroatoms. The van der Waals surface area contributed by atoms with E-state index in [2.05, 4.69) is 41.3 Å². The number of nitrogens with one attached hydrogen (secondary N) is 1. The predicted octanol–water partition coefficient (Wildman–Crippen LogP) is 3.69. The zero-order chi connectivity index (χ0) is 32.6. The molecule has 1 spiro atoms. The number of allylic oxidation sites excluding steroid dienone is 1. The maximum absolute atomic E-state index is 14.3. The molecule has 246 valence electrons. The second-order valence-corrected chi connectivity index (χ2v) is 13.2. The summed E-state index contributed by atoms with van der Waals surface area (Å²) in [5.41, 5.74) is -0.524. The molecule has 1 aromatic rings. The van der Waals surface area contributed by atoms with Crippen LogP contribution in [-0.2, 0) is 28.7 Å². The molecule has 10 nitrogen and oxygen atoms in total. The van der Waals surface area contributed by atoms with Gasteiger partial charge in [-0.1, -0.05) is 78.2 Å². The van der Waals surface area contributed by atoms with Crippen LogP contribution >= 0.6 is 15.9 Å². The van der Waals surface area contributed by atoms with Gasteiger partial charge in [0.2, 0.25) is 17.7 Å². The molecule has 0 aromatic heterocycles. The van der Waals surface area contributed by atoms with Crippen LogP contribution in [0.4, 0.5) is 0 Å². The van der Waals surface area contributed by atoms with E-state index in [1.165, 1.54) is 4.90 Å². The lowest BCUT2D eigenvalue weighted by Gasteiger charge is -2.37. The van der Waals surface area contributed by atoms with Crippen LogP contribution in [0, 0.1) is 11.8 Å². The lowest BCUT2D eigenvalue weighted by atomic mass is 9.70. The summed E-state index contributed by atoms with van der Waals surface area (Å²) < 4.78 is 12.7. The van der Waals surface area contributed by atoms with Gasteiger partial charge < -0.3 is 29.7 Å². The molecule has 1 aromatic carbocycles. The molecule has 4 rings (SSSR count). The molecule has 3 heterocycles. The van der Waals surface area contributed by atoms with Gasteiger partial charge in [0.15, 0.2) is 0 Å². The largest absolute Gasteiger partial charge is 0.455 e. The number of hydrogen-bond acceptors (Lipinski definition) is 7. The second kappa shape index (κ2) is 16.0. The van der Waals surface area contributed by atoms with Crippen molar-refractivity contribution in [2.24, 2.45) is 11.8 Å². The summed E-state index contributed by atoms with van der Waals surface area (Å²) in [4.78, 5) is 58.0. The SMILES string of the molecule is C=CCCC(=O)NC[C@@H](OC(=O)[C@H]1[C@@H]2O[C@@]3(CC2Br)[C@@H]1C(=O)N(CCCO)[C@@H]3C(=O)N(CC=C)CCCCC)c1ccccc1. The van der Waals surface area contributed by atoms with Crippen molar-refractivity contribution in [3.05, 3.63) is 61.2 Å². The average Bonchev–Trinajstić information content (AvgIpc) is 3.63. The number of benzene rings is 1. The van der Waals surface area contributed by atoms with E-state index in [0.717, 1.165) is 19.3 Å². The predicted molar refractivity (Wildman–Crippen MR) is 173 cm³/mol. The molecule has 0 radical (unpaired) electrons. The molecule has 45 heavy (non-hydrogen) atoms. The fourth-order valence-electron chi connectivity index (χ4n) is 6.97. The highest BCUT2D eigenvalue weighted by molar-refractivity contribution is 9.09. The van der Waals surface area contributed by atoms with Crippen molar-refractivity contribution in [1.29, 1.82) is 0 Å². The van der Waals surface area contributed by atoms with Crippen molar-refractivity contribution in [2.45, 2.75) is 80.5 Å². The minimum absolute atomic E-state index is 0.0590. The Morgan fingerprint density at radius 3 is 2.64 bits per heavy atom. The van der Waals surface area contributed by atoms with E-state index in [-0.39, 0.29) is 55.1 Å². The molecule has 3 aliphatic rings. The molecular weight excluding hydrogens is 642 g/mol. The van der Waals surface area contributed by atoms with Gasteiger partial charge in [-0.3, -0.25) is 19.2 Å². The van der Waals surface area contributed by atoms with Crippen molar-refractivity contribution in [3.8, 4) is 0 Å². The monoisotopic (exact) mass is 687 g/mol. The van der Waals surface area contributed by atoms with Crippen LogP contribution in [0.15, 0.2) is 55.6 Å². The molecule has 1 unspecified atom stereocenters. The number of rotatable bonds is 18. The summed E-state index contributed by atoms with van der Waals surface area (Å²) in [5, 5.41) is 12.5. The quantitative estimate of drug-likeness (QED) is 0.104. The number of unbranched alkanes of at least 4 members (excludes halogenated alkanes) is 2. The molecule has 3 saturated heterocycles. The number of fused-ring (bicyclic) bond motifs is 1. The molecule has 2 bridgehead atoms. The Bertz CT molecular complexity index is 1230. The molecule has 3 amide bonds. The van der Waals surface area contributed by atoms with Crippen LogP contribution in [-0.4, -0.2) is 94.0 Å². The Balaban J connectivity index is 1.63. The maximum Gasteiger partial charge on any atom is 0.313 e. The lowest BCUT2D eigenvalue weighted by molar-refractivity contribution is -0.160. The van der Waals surface area contributed by atoms with Gasteiger partial charge in [0.05, 0.1) is 24.5 Å². The Hall–Kier alpha value is -3.02. The molecule has 3 fully saturated rings. The number of hydrogen-bond donors (Lipinski definition) is 2. The first-order chi connectivity index (χ1) is 21.7. The summed E-state index contributed by atoms with van der Waals surface area (Å²) >= 11 is 3.70. The maximum atomic E-state index is 14.3. The van der Waals surface area contributed by atoms with Crippen molar-refractivity contribution in [2.75, 3.05) is 32.8 Å². The van der Waals surface area contributed by atoms with Gasteiger partial charge in [-0.2, -0.15) is 0 Å². The van der Waals surface area contributed by atoms with Gasteiger partial charge in [-0.15, -0.1) is 13.2 Å². The number of halogens is 1. The standard InChI is InChI=1S/C34H46BrN3O7/c1-4-7-12-18-37(17-6-3)32(42)30-34-21-24(35)29(45-34)27(28(34)31(41)38(30)19-13-20-39)33(43)44-25(23-14-10-9-11-15-23)22-36-26(40)16-8-5-2/h5-6,9-11,14-15,24-25,27-30,39H,2-4,7-8,12-13,16-22H2,1H3,(H,36,40)/t24?,25-,27-,28+,29-,30-,34+/m1/s1. The van der Waals surface area contributed by atoms with Crippen molar-refractivity contribution < 1.29 is 33.8 Å². The van der Waals surface area contributed by atoms with E-state index in [4.69, 9.17) is 9.47 Å². The van der Waals surface area contributed by atoms with Crippen LogP contribution in [0.3, 0.4) is 0 Å². The number of carbonyl (C=O) groups is 4. The minimum Gasteiger partial charge on any atom is -0.455 e. The Morgan fingerprint density at radius 2 is 1.98 bits per heavy atom. The number of aliphatic hydroxyl groups is 1. The number of carbonyl (C=O) groups excluding carboxylic acids is 4. The molecule has 0 aliphatic carbocycles. The topological polar surface area (TPSA) is 125 Å². The third kappa shape index (κ3) is 7.36. The summed E-state index contributed by atoms with van der Waals surface area (Å²) in [6, 6.07) is 8.19. The summed E-state index contributed by atoms with van der Waals surface area (Å²) in [6.07, 6.45) is 6.09. The Labute approximate surface area is 274 Å². The first-order valence-electron chi connectivity index (χ1n) is 16.0. The summed E-state index contributed by atoms with van der Waals surface area (Å²) in [7, 11) is 0. The number of likely N-dealkylation sites (tertiary alicyclic amines) is 1. The van der Waals surface area contributed by atoms with Gasteiger partial charge in [-0.05, 0) is 31.2 Å². The molecule has 0 saturated carbocycles. The van der Waals surface area contributed by atoms with Gasteiger partial charge >= 0.3 is 5.97 Å². The third-order valence-corrected chi connectivity index (χ3v) is 9.88. The van der Waals surface area contributed by atoms with E-state index in [0.29, 0.717) is 31.5 Å². The van der Waals surface area contributed by atoms with Crippen LogP contribution in [0.25, 0.3) is 0 Å². The smallest absolute Gasteiger partial charge is 0.313 e. The van der Waals surface area contributed by atoms with Gasteiger partial charge in [0, 0.05) is 37.5 Å². The van der Waals surface area contributed by atoms with E-state index < -0.39 is 41.7 Å². The molecule has 7 atom stereocenters. The first kappa shape index (κ1) is 34.8. The van der Waals surface area contributed by atoms with Crippen LogP contribution in [0.2, 0.25) is 0 Å². The normalized spacial score (nSPS) is 27.1. The first-order valence-corrected chi connectivity index (χ1v) is 16.9. The summed E-state index contributed by atoms with van der Waals surface area (Å²) in [6.45, 7) is 10.5.